The van der Waals surface area contributed by atoms with Crippen molar-refractivity contribution in [1.82, 2.24) is 4.98 Å². The molecule has 0 amide bonds. The molecule has 1 heterocycles. The second-order valence-electron chi connectivity index (χ2n) is 4.54. The van der Waals surface area contributed by atoms with Crippen LogP contribution in [0, 0.1) is 11.2 Å². The van der Waals surface area contributed by atoms with Gasteiger partial charge in [-0.2, -0.15) is 0 Å². The van der Waals surface area contributed by atoms with Crippen molar-refractivity contribution in [1.29, 1.82) is 0 Å². The lowest BCUT2D eigenvalue weighted by Crippen LogP contribution is -2.36. The second kappa shape index (κ2) is 4.70. The number of anilines is 1. The summed E-state index contributed by atoms with van der Waals surface area (Å²) in [5.74, 6) is 0.0721. The Hall–Kier alpha value is -0.640. The van der Waals surface area contributed by atoms with Gasteiger partial charge in [-0.05, 0) is 46.7 Å². The zero-order valence-corrected chi connectivity index (χ0v) is 11.0. The number of nitrogens with one attached hydrogen (secondary N) is 1. The fourth-order valence-corrected chi connectivity index (χ4v) is 2.45. The van der Waals surface area contributed by atoms with Crippen LogP contribution in [0.1, 0.15) is 32.6 Å². The topological polar surface area (TPSA) is 24.9 Å². The third kappa shape index (κ3) is 2.37. The molecule has 0 radical (unpaired) electrons. The molecule has 1 aliphatic rings. The predicted molar refractivity (Wildman–Crippen MR) is 67.0 cm³/mol. The number of halogens is 2. The van der Waals surface area contributed by atoms with Crippen molar-refractivity contribution in [3.63, 3.8) is 0 Å². The second-order valence-corrected chi connectivity index (χ2v) is 5.46. The molecule has 0 spiro atoms. The van der Waals surface area contributed by atoms with Gasteiger partial charge < -0.3 is 5.32 Å². The molecule has 1 fully saturated rings. The molecule has 0 aliphatic heterocycles. The summed E-state index contributed by atoms with van der Waals surface area (Å²) >= 11 is 3.20. The SMILES string of the molecule is CCC1(CNc2ncc(Br)cc2F)CCC1. The minimum Gasteiger partial charge on any atom is -0.367 e. The molecule has 0 bridgehead atoms. The first-order chi connectivity index (χ1) is 7.65. The highest BCUT2D eigenvalue weighted by molar-refractivity contribution is 9.10. The Morgan fingerprint density at radius 3 is 2.81 bits per heavy atom. The van der Waals surface area contributed by atoms with Crippen LogP contribution in [0.25, 0.3) is 0 Å². The molecule has 4 heteroatoms. The molecular weight excluding hydrogens is 271 g/mol. The summed E-state index contributed by atoms with van der Waals surface area (Å²) in [6.45, 7) is 3.03. The van der Waals surface area contributed by atoms with Gasteiger partial charge in [-0.25, -0.2) is 9.37 Å². The van der Waals surface area contributed by atoms with E-state index in [1.165, 1.54) is 25.3 Å². The Bertz CT molecular complexity index is 372. The molecule has 1 saturated carbocycles. The van der Waals surface area contributed by atoms with Crippen molar-refractivity contribution in [3.8, 4) is 0 Å². The maximum absolute atomic E-state index is 13.5. The summed E-state index contributed by atoms with van der Waals surface area (Å²) in [6.07, 6.45) is 6.55. The van der Waals surface area contributed by atoms with Gasteiger partial charge in [0.15, 0.2) is 11.6 Å². The summed E-state index contributed by atoms with van der Waals surface area (Å²) in [4.78, 5) is 4.04. The van der Waals surface area contributed by atoms with Crippen molar-refractivity contribution >= 4 is 21.7 Å². The van der Waals surface area contributed by atoms with Crippen LogP contribution < -0.4 is 5.32 Å². The lowest BCUT2D eigenvalue weighted by Gasteiger charge is -2.41. The first-order valence-electron chi connectivity index (χ1n) is 5.70. The normalized spacial score (nSPS) is 17.9. The van der Waals surface area contributed by atoms with E-state index in [0.717, 1.165) is 13.0 Å². The van der Waals surface area contributed by atoms with Crippen LogP contribution in [0.2, 0.25) is 0 Å². The number of pyridine rings is 1. The van der Waals surface area contributed by atoms with E-state index in [-0.39, 0.29) is 5.82 Å². The highest BCUT2D eigenvalue weighted by Gasteiger charge is 2.34. The maximum atomic E-state index is 13.5. The fourth-order valence-electron chi connectivity index (χ4n) is 2.15. The van der Waals surface area contributed by atoms with Crippen LogP contribution in [0.15, 0.2) is 16.7 Å². The third-order valence-corrected chi connectivity index (χ3v) is 4.04. The molecule has 0 atom stereocenters. The van der Waals surface area contributed by atoms with E-state index >= 15 is 0 Å². The average Bonchev–Trinajstić information content (AvgIpc) is 2.19. The van der Waals surface area contributed by atoms with E-state index in [4.69, 9.17) is 0 Å². The summed E-state index contributed by atoms with van der Waals surface area (Å²) in [7, 11) is 0. The van der Waals surface area contributed by atoms with Gasteiger partial charge >= 0.3 is 0 Å². The molecule has 1 N–H and O–H groups in total. The highest BCUT2D eigenvalue weighted by Crippen LogP contribution is 2.43. The van der Waals surface area contributed by atoms with Gasteiger partial charge in [-0.15, -0.1) is 0 Å². The Morgan fingerprint density at radius 1 is 1.56 bits per heavy atom. The van der Waals surface area contributed by atoms with Gasteiger partial charge in [0.25, 0.3) is 0 Å². The molecule has 1 aromatic heterocycles. The van der Waals surface area contributed by atoms with E-state index < -0.39 is 0 Å². The minimum atomic E-state index is -0.292. The number of rotatable bonds is 4. The fraction of sp³-hybridized carbons (Fsp3) is 0.583. The summed E-state index contributed by atoms with van der Waals surface area (Å²) < 4.78 is 14.2. The van der Waals surface area contributed by atoms with Crippen molar-refractivity contribution in [2.75, 3.05) is 11.9 Å². The van der Waals surface area contributed by atoms with Crippen molar-refractivity contribution < 1.29 is 4.39 Å². The summed E-state index contributed by atoms with van der Waals surface area (Å²) in [5.41, 5.74) is 0.376. The monoisotopic (exact) mass is 286 g/mol. The molecule has 2 rings (SSSR count). The zero-order valence-electron chi connectivity index (χ0n) is 9.39. The number of hydrogen-bond acceptors (Lipinski definition) is 2. The largest absolute Gasteiger partial charge is 0.367 e. The zero-order chi connectivity index (χ0) is 11.6. The Morgan fingerprint density at radius 2 is 2.31 bits per heavy atom. The molecule has 88 valence electrons. The average molecular weight is 287 g/mol. The van der Waals surface area contributed by atoms with Crippen LogP contribution in [0.3, 0.4) is 0 Å². The maximum Gasteiger partial charge on any atom is 0.166 e. The minimum absolute atomic E-state index is 0.292. The number of aromatic nitrogens is 1. The Balaban J connectivity index is 1.99. The van der Waals surface area contributed by atoms with Crippen LogP contribution in [0.5, 0.6) is 0 Å². The highest BCUT2D eigenvalue weighted by atomic mass is 79.9. The molecule has 1 aromatic rings. The lowest BCUT2D eigenvalue weighted by atomic mass is 9.67. The summed E-state index contributed by atoms with van der Waals surface area (Å²) in [5, 5.41) is 3.13. The third-order valence-electron chi connectivity index (χ3n) is 3.60. The van der Waals surface area contributed by atoms with E-state index in [9.17, 15) is 4.39 Å². The molecule has 0 aromatic carbocycles. The quantitative estimate of drug-likeness (QED) is 0.906. The van der Waals surface area contributed by atoms with E-state index in [2.05, 4.69) is 33.2 Å². The van der Waals surface area contributed by atoms with Gasteiger partial charge in [-0.3, -0.25) is 0 Å². The van der Waals surface area contributed by atoms with E-state index in [1.807, 2.05) is 0 Å². The lowest BCUT2D eigenvalue weighted by molar-refractivity contribution is 0.144. The van der Waals surface area contributed by atoms with Crippen LogP contribution in [-0.2, 0) is 0 Å². The first-order valence-corrected chi connectivity index (χ1v) is 6.49. The summed E-state index contributed by atoms with van der Waals surface area (Å²) in [6, 6.07) is 1.44. The van der Waals surface area contributed by atoms with Crippen molar-refractivity contribution in [2.24, 2.45) is 5.41 Å². The molecule has 16 heavy (non-hydrogen) atoms. The molecule has 1 aliphatic carbocycles. The van der Waals surface area contributed by atoms with Crippen LogP contribution in [0.4, 0.5) is 10.2 Å². The first kappa shape index (κ1) is 11.8. The molecule has 2 nitrogen and oxygen atoms in total. The van der Waals surface area contributed by atoms with E-state index in [1.54, 1.807) is 6.20 Å². The molecule has 0 saturated heterocycles. The van der Waals surface area contributed by atoms with Gasteiger partial charge in [0.2, 0.25) is 0 Å². The molecule has 0 unspecified atom stereocenters. The van der Waals surface area contributed by atoms with Crippen molar-refractivity contribution in [2.45, 2.75) is 32.6 Å². The van der Waals surface area contributed by atoms with Gasteiger partial charge in [0, 0.05) is 17.2 Å². The predicted octanol–water partition coefficient (Wildman–Crippen LogP) is 3.98. The Labute approximate surface area is 104 Å². The van der Waals surface area contributed by atoms with Gasteiger partial charge in [-0.1, -0.05) is 13.3 Å². The smallest absolute Gasteiger partial charge is 0.166 e. The van der Waals surface area contributed by atoms with Crippen LogP contribution in [-0.4, -0.2) is 11.5 Å². The number of hydrogen-bond donors (Lipinski definition) is 1. The van der Waals surface area contributed by atoms with Crippen LogP contribution >= 0.6 is 15.9 Å². The molecular formula is C12H16BrFN2. The number of nitrogens with zero attached hydrogens (tertiary/aromatic N) is 1. The van der Waals surface area contributed by atoms with Gasteiger partial charge in [0.05, 0.1) is 0 Å². The van der Waals surface area contributed by atoms with E-state index in [0.29, 0.717) is 15.7 Å². The van der Waals surface area contributed by atoms with Gasteiger partial charge in [0.1, 0.15) is 0 Å². The standard InChI is InChI=1S/C12H16BrFN2/c1-2-12(4-3-5-12)8-16-11-10(14)6-9(13)7-15-11/h6-7H,2-5,8H2,1H3,(H,15,16). The Kier molecular flexibility index (Phi) is 3.47. The van der Waals surface area contributed by atoms with Crippen molar-refractivity contribution in [3.05, 3.63) is 22.6 Å².